The molecule has 0 spiro atoms. The average molecular weight is 287 g/mol. The fraction of sp³-hybridized carbons (Fsp3) is 0.333. The summed E-state index contributed by atoms with van der Waals surface area (Å²) in [7, 11) is 1.98. The number of nitrogens with one attached hydrogen (secondary N) is 1. The predicted molar refractivity (Wildman–Crippen MR) is 80.2 cm³/mol. The van der Waals surface area contributed by atoms with Gasteiger partial charge in [-0.25, -0.2) is 9.97 Å². The van der Waals surface area contributed by atoms with E-state index in [1.807, 2.05) is 38.2 Å². The third-order valence-corrected chi connectivity index (χ3v) is 4.49. The molecular weight excluding hydrogens is 270 g/mol. The van der Waals surface area contributed by atoms with Crippen LogP contribution in [0.25, 0.3) is 0 Å². The molecule has 20 heavy (non-hydrogen) atoms. The van der Waals surface area contributed by atoms with Crippen LogP contribution in [0.5, 0.6) is 5.75 Å². The van der Waals surface area contributed by atoms with Gasteiger partial charge >= 0.3 is 0 Å². The first-order valence-corrected chi connectivity index (χ1v) is 7.51. The van der Waals surface area contributed by atoms with E-state index < -0.39 is 0 Å². The number of nitrogens with zero attached hydrogens (tertiary/aromatic N) is 2. The molecular formula is C15H17N3OS. The maximum Gasteiger partial charge on any atom is 0.188 e. The highest BCUT2D eigenvalue weighted by Crippen LogP contribution is 2.38. The van der Waals surface area contributed by atoms with Crippen molar-refractivity contribution in [2.24, 2.45) is 0 Å². The van der Waals surface area contributed by atoms with Crippen molar-refractivity contribution in [3.63, 3.8) is 0 Å². The van der Waals surface area contributed by atoms with Crippen LogP contribution in [0.15, 0.2) is 41.7 Å². The Morgan fingerprint density at radius 2 is 2.15 bits per heavy atom. The number of aromatic nitrogens is 2. The van der Waals surface area contributed by atoms with Crippen LogP contribution in [-0.2, 0) is 0 Å². The van der Waals surface area contributed by atoms with Crippen LogP contribution in [0.4, 0.5) is 0 Å². The first kappa shape index (κ1) is 13.4. The van der Waals surface area contributed by atoms with Crippen molar-refractivity contribution < 1.29 is 4.74 Å². The SMILES string of the molecule is CNC1c2ccccc2OCC1Sc1nccc(C)n1. The molecule has 0 aliphatic carbocycles. The highest BCUT2D eigenvalue weighted by molar-refractivity contribution is 7.99. The maximum atomic E-state index is 5.85. The summed E-state index contributed by atoms with van der Waals surface area (Å²) in [5.74, 6) is 0.967. The lowest BCUT2D eigenvalue weighted by Crippen LogP contribution is -2.35. The van der Waals surface area contributed by atoms with E-state index in [4.69, 9.17) is 4.74 Å². The third kappa shape index (κ3) is 2.64. The second-order valence-electron chi connectivity index (χ2n) is 4.75. The Hall–Kier alpha value is -1.59. The van der Waals surface area contributed by atoms with Crippen LogP contribution in [-0.4, -0.2) is 28.9 Å². The van der Waals surface area contributed by atoms with Crippen molar-refractivity contribution in [2.75, 3.05) is 13.7 Å². The molecule has 5 heteroatoms. The quantitative estimate of drug-likeness (QED) is 0.879. The van der Waals surface area contributed by atoms with Gasteiger partial charge in [-0.1, -0.05) is 30.0 Å². The normalized spacial score (nSPS) is 21.1. The fourth-order valence-corrected chi connectivity index (χ4v) is 3.54. The van der Waals surface area contributed by atoms with E-state index in [1.165, 1.54) is 5.56 Å². The monoisotopic (exact) mass is 287 g/mol. The summed E-state index contributed by atoms with van der Waals surface area (Å²) in [6.45, 7) is 2.64. The van der Waals surface area contributed by atoms with Gasteiger partial charge in [-0.3, -0.25) is 0 Å². The Labute approximate surface area is 123 Å². The zero-order valence-electron chi connectivity index (χ0n) is 11.5. The summed E-state index contributed by atoms with van der Waals surface area (Å²) < 4.78 is 5.85. The Bertz CT molecular complexity index is 605. The van der Waals surface area contributed by atoms with E-state index in [-0.39, 0.29) is 11.3 Å². The molecule has 104 valence electrons. The van der Waals surface area contributed by atoms with Crippen LogP contribution in [0.1, 0.15) is 17.3 Å². The Morgan fingerprint density at radius 3 is 2.95 bits per heavy atom. The van der Waals surface area contributed by atoms with Crippen molar-refractivity contribution in [2.45, 2.75) is 23.4 Å². The highest BCUT2D eigenvalue weighted by Gasteiger charge is 2.31. The van der Waals surface area contributed by atoms with E-state index in [2.05, 4.69) is 21.4 Å². The van der Waals surface area contributed by atoms with E-state index in [1.54, 1.807) is 18.0 Å². The summed E-state index contributed by atoms with van der Waals surface area (Å²) in [6, 6.07) is 10.3. The number of aryl methyl sites for hydroxylation is 1. The Morgan fingerprint density at radius 1 is 1.30 bits per heavy atom. The van der Waals surface area contributed by atoms with E-state index in [0.717, 1.165) is 16.6 Å². The number of rotatable bonds is 3. The molecule has 0 fully saturated rings. The smallest absolute Gasteiger partial charge is 0.188 e. The van der Waals surface area contributed by atoms with Crippen LogP contribution in [0.2, 0.25) is 0 Å². The van der Waals surface area contributed by atoms with Crippen LogP contribution in [0.3, 0.4) is 0 Å². The average Bonchev–Trinajstić information content (AvgIpc) is 2.47. The largest absolute Gasteiger partial charge is 0.492 e. The van der Waals surface area contributed by atoms with Crippen LogP contribution in [0, 0.1) is 6.92 Å². The van der Waals surface area contributed by atoms with Gasteiger partial charge in [-0.05, 0) is 26.1 Å². The molecule has 2 aromatic rings. The number of thioether (sulfide) groups is 1. The number of hydrogen-bond acceptors (Lipinski definition) is 5. The lowest BCUT2D eigenvalue weighted by atomic mass is 10.0. The lowest BCUT2D eigenvalue weighted by Gasteiger charge is -2.32. The molecule has 1 aliphatic rings. The standard InChI is InChI=1S/C15H17N3OS/c1-10-7-8-17-15(18-10)20-13-9-19-12-6-4-3-5-11(12)14(13)16-2/h3-8,13-14,16H,9H2,1-2H3. The van der Waals surface area contributed by atoms with E-state index in [9.17, 15) is 0 Å². The molecule has 1 aliphatic heterocycles. The molecule has 0 saturated carbocycles. The second-order valence-corrected chi connectivity index (χ2v) is 5.96. The summed E-state index contributed by atoms with van der Waals surface area (Å²) in [6.07, 6.45) is 1.80. The minimum atomic E-state index is 0.245. The van der Waals surface area contributed by atoms with Crippen molar-refractivity contribution in [1.82, 2.24) is 15.3 Å². The van der Waals surface area contributed by atoms with Gasteiger partial charge in [0.1, 0.15) is 12.4 Å². The van der Waals surface area contributed by atoms with Gasteiger partial charge in [0.25, 0.3) is 0 Å². The number of benzene rings is 1. The van der Waals surface area contributed by atoms with E-state index >= 15 is 0 Å². The summed E-state index contributed by atoms with van der Waals surface area (Å²) in [5.41, 5.74) is 2.19. The molecule has 0 bridgehead atoms. The Kier molecular flexibility index (Phi) is 3.89. The number of ether oxygens (including phenoxy) is 1. The highest BCUT2D eigenvalue weighted by atomic mass is 32.2. The van der Waals surface area contributed by atoms with Gasteiger partial charge in [0.05, 0.1) is 11.3 Å². The molecule has 0 saturated heterocycles. The molecule has 4 nitrogen and oxygen atoms in total. The molecule has 3 rings (SSSR count). The predicted octanol–water partition coefficient (Wildman–Crippen LogP) is 2.60. The zero-order valence-corrected chi connectivity index (χ0v) is 12.4. The first-order valence-electron chi connectivity index (χ1n) is 6.63. The van der Waals surface area contributed by atoms with Crippen molar-refractivity contribution in [1.29, 1.82) is 0 Å². The minimum Gasteiger partial charge on any atom is -0.492 e. The van der Waals surface area contributed by atoms with Crippen LogP contribution >= 0.6 is 11.8 Å². The summed E-state index contributed by atoms with van der Waals surface area (Å²) >= 11 is 1.67. The molecule has 2 heterocycles. The second kappa shape index (κ2) is 5.81. The fourth-order valence-electron chi connectivity index (χ4n) is 2.40. The van der Waals surface area contributed by atoms with Gasteiger partial charge in [0.2, 0.25) is 0 Å². The van der Waals surface area contributed by atoms with Crippen LogP contribution < -0.4 is 10.1 Å². The maximum absolute atomic E-state index is 5.85. The molecule has 2 atom stereocenters. The number of hydrogen-bond donors (Lipinski definition) is 1. The number of fused-ring (bicyclic) bond motifs is 1. The summed E-state index contributed by atoms with van der Waals surface area (Å²) in [4.78, 5) is 8.79. The molecule has 2 unspecified atom stereocenters. The molecule has 0 radical (unpaired) electrons. The number of para-hydroxylation sites is 1. The summed E-state index contributed by atoms with van der Waals surface area (Å²) in [5, 5.41) is 4.45. The van der Waals surface area contributed by atoms with Crippen molar-refractivity contribution >= 4 is 11.8 Å². The zero-order chi connectivity index (χ0) is 13.9. The van der Waals surface area contributed by atoms with Gasteiger partial charge in [0, 0.05) is 17.5 Å². The molecule has 1 aromatic carbocycles. The lowest BCUT2D eigenvalue weighted by molar-refractivity contribution is 0.264. The topological polar surface area (TPSA) is 47.0 Å². The minimum absolute atomic E-state index is 0.245. The van der Waals surface area contributed by atoms with Gasteiger partial charge < -0.3 is 10.1 Å². The van der Waals surface area contributed by atoms with Gasteiger partial charge in [0.15, 0.2) is 5.16 Å². The third-order valence-electron chi connectivity index (χ3n) is 3.37. The first-order chi connectivity index (χ1) is 9.78. The molecule has 1 aromatic heterocycles. The van der Waals surface area contributed by atoms with Gasteiger partial charge in [-0.15, -0.1) is 0 Å². The Balaban J connectivity index is 1.84. The van der Waals surface area contributed by atoms with Crippen molar-refractivity contribution in [3.8, 4) is 5.75 Å². The van der Waals surface area contributed by atoms with Gasteiger partial charge in [-0.2, -0.15) is 0 Å². The van der Waals surface area contributed by atoms with Crippen molar-refractivity contribution in [3.05, 3.63) is 47.8 Å². The molecule has 1 N–H and O–H groups in total. The van der Waals surface area contributed by atoms with E-state index in [0.29, 0.717) is 6.61 Å². The molecule has 0 amide bonds.